The van der Waals surface area contributed by atoms with Crippen molar-refractivity contribution in [2.75, 3.05) is 29.9 Å². The molecular formula is C15H20N2O. The number of anilines is 2. The van der Waals surface area contributed by atoms with E-state index in [-0.39, 0.29) is 5.91 Å². The number of fused-ring (bicyclic) bond motifs is 1. The molecule has 0 atom stereocenters. The van der Waals surface area contributed by atoms with Gasteiger partial charge in [0.2, 0.25) is 5.91 Å². The first kappa shape index (κ1) is 11.6. The summed E-state index contributed by atoms with van der Waals surface area (Å²) in [4.78, 5) is 16.2. The molecule has 1 aromatic carbocycles. The minimum Gasteiger partial charge on any atom is -0.371 e. The van der Waals surface area contributed by atoms with E-state index in [9.17, 15) is 4.79 Å². The molecule has 2 aliphatic heterocycles. The predicted molar refractivity (Wildman–Crippen MR) is 74.2 cm³/mol. The molecule has 0 bridgehead atoms. The van der Waals surface area contributed by atoms with Gasteiger partial charge >= 0.3 is 0 Å². The lowest BCUT2D eigenvalue weighted by Crippen LogP contribution is -2.25. The van der Waals surface area contributed by atoms with E-state index in [4.69, 9.17) is 0 Å². The molecule has 3 rings (SSSR count). The first-order valence-electron chi connectivity index (χ1n) is 6.90. The van der Waals surface area contributed by atoms with Crippen molar-refractivity contribution in [2.24, 2.45) is 0 Å². The van der Waals surface area contributed by atoms with Crippen LogP contribution in [0.2, 0.25) is 0 Å². The van der Waals surface area contributed by atoms with Crippen LogP contribution in [0, 0.1) is 0 Å². The summed E-state index contributed by atoms with van der Waals surface area (Å²) < 4.78 is 0. The molecule has 2 heterocycles. The molecule has 2 aliphatic rings. The normalized spacial score (nSPS) is 19.9. The van der Waals surface area contributed by atoms with Crippen molar-refractivity contribution in [3.8, 4) is 0 Å². The van der Waals surface area contributed by atoms with Crippen LogP contribution in [-0.4, -0.2) is 26.0 Å². The second-order valence-electron chi connectivity index (χ2n) is 5.31. The molecular weight excluding hydrogens is 224 g/mol. The zero-order valence-electron chi connectivity index (χ0n) is 11.0. The van der Waals surface area contributed by atoms with Gasteiger partial charge in [-0.05, 0) is 43.4 Å². The first-order chi connectivity index (χ1) is 8.75. The fourth-order valence-corrected chi connectivity index (χ4v) is 2.98. The molecule has 3 heteroatoms. The standard InChI is InChI=1S/C15H20N2O/c1-16-14-11-13(17-9-2-3-10-17)8-7-12(14)5-4-6-15(16)18/h7-8,11H,2-6,9-10H2,1H3. The lowest BCUT2D eigenvalue weighted by Gasteiger charge is -2.23. The Morgan fingerprint density at radius 1 is 1.06 bits per heavy atom. The summed E-state index contributed by atoms with van der Waals surface area (Å²) in [7, 11) is 1.90. The van der Waals surface area contributed by atoms with Crippen LogP contribution in [0.1, 0.15) is 31.2 Å². The van der Waals surface area contributed by atoms with Gasteiger partial charge in [0.15, 0.2) is 0 Å². The molecule has 0 aromatic heterocycles. The van der Waals surface area contributed by atoms with Crippen LogP contribution < -0.4 is 9.80 Å². The fourth-order valence-electron chi connectivity index (χ4n) is 2.98. The fraction of sp³-hybridized carbons (Fsp3) is 0.533. The lowest BCUT2D eigenvalue weighted by molar-refractivity contribution is -0.118. The Hall–Kier alpha value is -1.51. The van der Waals surface area contributed by atoms with Crippen molar-refractivity contribution in [3.05, 3.63) is 23.8 Å². The SMILES string of the molecule is CN1C(=O)CCCc2ccc(N3CCCC3)cc21. The van der Waals surface area contributed by atoms with Gasteiger partial charge in [-0.15, -0.1) is 0 Å². The summed E-state index contributed by atoms with van der Waals surface area (Å²) in [6.07, 6.45) is 5.23. The molecule has 1 amide bonds. The third-order valence-corrected chi connectivity index (χ3v) is 4.11. The van der Waals surface area contributed by atoms with Crippen LogP contribution in [0.25, 0.3) is 0 Å². The van der Waals surface area contributed by atoms with Gasteiger partial charge in [-0.2, -0.15) is 0 Å². The molecule has 0 radical (unpaired) electrons. The Morgan fingerprint density at radius 2 is 1.83 bits per heavy atom. The van der Waals surface area contributed by atoms with Crippen LogP contribution in [0.4, 0.5) is 11.4 Å². The van der Waals surface area contributed by atoms with Crippen molar-refractivity contribution in [2.45, 2.75) is 32.1 Å². The highest BCUT2D eigenvalue weighted by molar-refractivity contribution is 5.95. The van der Waals surface area contributed by atoms with E-state index >= 15 is 0 Å². The summed E-state index contributed by atoms with van der Waals surface area (Å²) >= 11 is 0. The second-order valence-corrected chi connectivity index (χ2v) is 5.31. The molecule has 0 saturated carbocycles. The second kappa shape index (κ2) is 4.63. The summed E-state index contributed by atoms with van der Waals surface area (Å²) in [6.45, 7) is 2.30. The summed E-state index contributed by atoms with van der Waals surface area (Å²) in [5, 5.41) is 0. The van der Waals surface area contributed by atoms with E-state index in [0.29, 0.717) is 6.42 Å². The maximum absolute atomic E-state index is 11.9. The number of nitrogens with zero attached hydrogens (tertiary/aromatic N) is 2. The van der Waals surface area contributed by atoms with Crippen molar-refractivity contribution in [3.63, 3.8) is 0 Å². The molecule has 0 N–H and O–H groups in total. The summed E-state index contributed by atoms with van der Waals surface area (Å²) in [5.74, 6) is 0.243. The highest BCUT2D eigenvalue weighted by Crippen LogP contribution is 2.31. The largest absolute Gasteiger partial charge is 0.371 e. The number of aryl methyl sites for hydroxylation is 1. The highest BCUT2D eigenvalue weighted by Gasteiger charge is 2.20. The van der Waals surface area contributed by atoms with E-state index in [1.807, 2.05) is 11.9 Å². The summed E-state index contributed by atoms with van der Waals surface area (Å²) in [6, 6.07) is 6.62. The maximum atomic E-state index is 11.9. The van der Waals surface area contributed by atoms with Gasteiger partial charge in [-0.25, -0.2) is 0 Å². The van der Waals surface area contributed by atoms with Gasteiger partial charge in [0.1, 0.15) is 0 Å². The van der Waals surface area contributed by atoms with Crippen molar-refractivity contribution >= 4 is 17.3 Å². The smallest absolute Gasteiger partial charge is 0.226 e. The zero-order chi connectivity index (χ0) is 12.5. The average Bonchev–Trinajstić information content (AvgIpc) is 2.87. The number of hydrogen-bond donors (Lipinski definition) is 0. The summed E-state index contributed by atoms with van der Waals surface area (Å²) in [5.41, 5.74) is 3.70. The van der Waals surface area contributed by atoms with Crippen LogP contribution in [-0.2, 0) is 11.2 Å². The van der Waals surface area contributed by atoms with Crippen LogP contribution in [0.15, 0.2) is 18.2 Å². The Bertz CT molecular complexity index is 464. The maximum Gasteiger partial charge on any atom is 0.226 e. The molecule has 1 aromatic rings. The average molecular weight is 244 g/mol. The van der Waals surface area contributed by atoms with E-state index in [2.05, 4.69) is 23.1 Å². The monoisotopic (exact) mass is 244 g/mol. The Balaban J connectivity index is 1.97. The number of carbonyl (C=O) groups excluding carboxylic acids is 1. The number of amides is 1. The third-order valence-electron chi connectivity index (χ3n) is 4.11. The van der Waals surface area contributed by atoms with Gasteiger partial charge in [0.25, 0.3) is 0 Å². The number of rotatable bonds is 1. The van der Waals surface area contributed by atoms with E-state index in [1.54, 1.807) is 0 Å². The van der Waals surface area contributed by atoms with Crippen molar-refractivity contribution in [1.29, 1.82) is 0 Å². The van der Waals surface area contributed by atoms with Crippen LogP contribution >= 0.6 is 0 Å². The van der Waals surface area contributed by atoms with Crippen molar-refractivity contribution < 1.29 is 4.79 Å². The molecule has 0 unspecified atom stereocenters. The Morgan fingerprint density at radius 3 is 2.61 bits per heavy atom. The molecule has 0 spiro atoms. The molecule has 96 valence electrons. The minimum atomic E-state index is 0.243. The van der Waals surface area contributed by atoms with Crippen LogP contribution in [0.3, 0.4) is 0 Å². The lowest BCUT2D eigenvalue weighted by atomic mass is 10.1. The van der Waals surface area contributed by atoms with Gasteiger partial charge in [-0.3, -0.25) is 4.79 Å². The molecule has 1 saturated heterocycles. The van der Waals surface area contributed by atoms with Gasteiger partial charge in [-0.1, -0.05) is 6.07 Å². The minimum absolute atomic E-state index is 0.243. The van der Waals surface area contributed by atoms with E-state index in [0.717, 1.165) is 31.6 Å². The Kier molecular flexibility index (Phi) is 2.98. The third kappa shape index (κ3) is 1.98. The number of hydrogen-bond acceptors (Lipinski definition) is 2. The topological polar surface area (TPSA) is 23.6 Å². The molecule has 18 heavy (non-hydrogen) atoms. The van der Waals surface area contributed by atoms with Crippen molar-refractivity contribution in [1.82, 2.24) is 0 Å². The van der Waals surface area contributed by atoms with E-state index < -0.39 is 0 Å². The van der Waals surface area contributed by atoms with Gasteiger partial charge < -0.3 is 9.80 Å². The molecule has 0 aliphatic carbocycles. The highest BCUT2D eigenvalue weighted by atomic mass is 16.2. The van der Waals surface area contributed by atoms with Gasteiger partial charge in [0.05, 0.1) is 0 Å². The Labute approximate surface area is 108 Å². The number of benzene rings is 1. The molecule has 3 nitrogen and oxygen atoms in total. The van der Waals surface area contributed by atoms with E-state index in [1.165, 1.54) is 24.1 Å². The molecule has 1 fully saturated rings. The first-order valence-corrected chi connectivity index (χ1v) is 6.90. The van der Waals surface area contributed by atoms with Gasteiger partial charge in [0, 0.05) is 37.9 Å². The quantitative estimate of drug-likeness (QED) is 0.758. The van der Waals surface area contributed by atoms with Crippen LogP contribution in [0.5, 0.6) is 0 Å². The predicted octanol–water partition coefficient (Wildman–Crippen LogP) is 2.59. The number of carbonyl (C=O) groups is 1. The zero-order valence-corrected chi connectivity index (χ0v) is 11.0.